The number of hydrogen-bond donors (Lipinski definition) is 3. The van der Waals surface area contributed by atoms with Gasteiger partial charge in [0.1, 0.15) is 6.61 Å². The van der Waals surface area contributed by atoms with Crippen molar-refractivity contribution >= 4 is 40.0 Å². The summed E-state index contributed by atoms with van der Waals surface area (Å²) in [5.41, 5.74) is 1.55. The quantitative estimate of drug-likeness (QED) is 0.157. The molecule has 3 N–H and O–H groups in total. The summed E-state index contributed by atoms with van der Waals surface area (Å²) in [6, 6.07) is 7.00. The third-order valence-corrected chi connectivity index (χ3v) is 5.07. The van der Waals surface area contributed by atoms with Crippen molar-refractivity contribution in [1.29, 1.82) is 0 Å². The van der Waals surface area contributed by atoms with E-state index in [9.17, 15) is 21.6 Å². The number of benzene rings is 1. The number of sulfonamides is 1. The fourth-order valence-electron chi connectivity index (χ4n) is 2.16. The van der Waals surface area contributed by atoms with E-state index in [0.29, 0.717) is 44.1 Å². The minimum atomic E-state index is -4.33. The van der Waals surface area contributed by atoms with Crippen LogP contribution < -0.4 is 15.4 Å². The molecule has 0 radical (unpaired) electrons. The van der Waals surface area contributed by atoms with Crippen molar-refractivity contribution in [2.24, 2.45) is 4.99 Å². The van der Waals surface area contributed by atoms with E-state index >= 15 is 0 Å². The summed E-state index contributed by atoms with van der Waals surface area (Å²) >= 11 is 0. The zero-order chi connectivity index (χ0) is 21.8. The molecule has 0 aromatic heterocycles. The van der Waals surface area contributed by atoms with Crippen molar-refractivity contribution in [3.8, 4) is 0 Å². The maximum Gasteiger partial charge on any atom is 0.411 e. The highest BCUT2D eigenvalue weighted by molar-refractivity contribution is 14.0. The second kappa shape index (κ2) is 14.8. The zero-order valence-corrected chi connectivity index (χ0v) is 20.2. The fraction of sp³-hybridized carbons (Fsp3) is 0.611. The molecule has 0 atom stereocenters. The van der Waals surface area contributed by atoms with Gasteiger partial charge in [0.05, 0.1) is 18.9 Å². The van der Waals surface area contributed by atoms with Crippen molar-refractivity contribution in [3.05, 3.63) is 35.4 Å². The van der Waals surface area contributed by atoms with Gasteiger partial charge in [-0.3, -0.25) is 0 Å². The second-order valence-corrected chi connectivity index (χ2v) is 8.29. The molecule has 0 heterocycles. The Morgan fingerprint density at radius 1 is 1.07 bits per heavy atom. The molecule has 0 aliphatic carbocycles. The minimum absolute atomic E-state index is 0. The van der Waals surface area contributed by atoms with Crippen LogP contribution in [-0.2, 0) is 27.9 Å². The third kappa shape index (κ3) is 14.0. The van der Waals surface area contributed by atoms with E-state index < -0.39 is 22.8 Å². The average molecular weight is 566 g/mol. The van der Waals surface area contributed by atoms with Gasteiger partial charge in [-0.15, -0.1) is 24.0 Å². The lowest BCUT2D eigenvalue weighted by Gasteiger charge is -2.12. The summed E-state index contributed by atoms with van der Waals surface area (Å²) in [4.78, 5) is 4.45. The van der Waals surface area contributed by atoms with Crippen LogP contribution in [0.3, 0.4) is 0 Å². The Labute approximate surface area is 193 Å². The van der Waals surface area contributed by atoms with Gasteiger partial charge in [0.2, 0.25) is 10.0 Å². The summed E-state index contributed by atoms with van der Waals surface area (Å²) in [5, 5.41) is 6.22. The summed E-state index contributed by atoms with van der Waals surface area (Å²) in [7, 11) is -3.18. The number of ether oxygens (including phenoxy) is 1. The standard InChI is InChI=1S/C18H29F3N4O3S.HI/c1-3-22-17(23-10-5-11-25-29(26,27)4-2)24-12-15-6-8-16(9-7-15)13-28-14-18(19,20)21;/h6-9,25H,3-5,10-14H2,1-2H3,(H2,22,23,24);1H. The van der Waals surface area contributed by atoms with Gasteiger partial charge in [-0.05, 0) is 31.4 Å². The lowest BCUT2D eigenvalue weighted by Crippen LogP contribution is -2.38. The molecule has 7 nitrogen and oxygen atoms in total. The Morgan fingerprint density at radius 3 is 2.27 bits per heavy atom. The fourth-order valence-corrected chi connectivity index (χ4v) is 2.82. The molecular formula is C18H30F3IN4O3S. The van der Waals surface area contributed by atoms with Gasteiger partial charge in [0.25, 0.3) is 0 Å². The van der Waals surface area contributed by atoms with E-state index in [1.54, 1.807) is 31.2 Å². The Kier molecular flexibility index (Phi) is 14.3. The predicted molar refractivity (Wildman–Crippen MR) is 122 cm³/mol. The predicted octanol–water partition coefficient (Wildman–Crippen LogP) is 2.77. The largest absolute Gasteiger partial charge is 0.411 e. The highest BCUT2D eigenvalue weighted by Crippen LogP contribution is 2.16. The first-order chi connectivity index (χ1) is 13.6. The number of nitrogens with one attached hydrogen (secondary N) is 3. The number of aliphatic imine (C=N–C) groups is 1. The highest BCUT2D eigenvalue weighted by Gasteiger charge is 2.27. The number of rotatable bonds is 12. The van der Waals surface area contributed by atoms with Gasteiger partial charge in [0.15, 0.2) is 5.96 Å². The van der Waals surface area contributed by atoms with Crippen LogP contribution in [-0.4, -0.2) is 52.5 Å². The average Bonchev–Trinajstić information content (AvgIpc) is 2.65. The van der Waals surface area contributed by atoms with Crippen LogP contribution in [0.25, 0.3) is 0 Å². The van der Waals surface area contributed by atoms with Crippen LogP contribution in [0.4, 0.5) is 13.2 Å². The first-order valence-corrected chi connectivity index (χ1v) is 11.0. The van der Waals surface area contributed by atoms with Gasteiger partial charge >= 0.3 is 6.18 Å². The molecule has 12 heteroatoms. The van der Waals surface area contributed by atoms with Gasteiger partial charge in [-0.25, -0.2) is 18.1 Å². The van der Waals surface area contributed by atoms with Crippen LogP contribution in [0.15, 0.2) is 29.3 Å². The van der Waals surface area contributed by atoms with Gasteiger partial charge in [-0.1, -0.05) is 24.3 Å². The van der Waals surface area contributed by atoms with E-state index in [4.69, 9.17) is 0 Å². The molecule has 0 fully saturated rings. The Morgan fingerprint density at radius 2 is 1.70 bits per heavy atom. The van der Waals surface area contributed by atoms with E-state index in [0.717, 1.165) is 5.56 Å². The monoisotopic (exact) mass is 566 g/mol. The van der Waals surface area contributed by atoms with Crippen molar-refractivity contribution in [2.45, 2.75) is 39.6 Å². The van der Waals surface area contributed by atoms with Crippen LogP contribution in [0.2, 0.25) is 0 Å². The summed E-state index contributed by atoms with van der Waals surface area (Å²) < 4.78 is 66.1. The number of hydrogen-bond acceptors (Lipinski definition) is 4. The molecule has 1 aromatic carbocycles. The van der Waals surface area contributed by atoms with Crippen LogP contribution in [0, 0.1) is 0 Å². The molecule has 0 amide bonds. The summed E-state index contributed by atoms with van der Waals surface area (Å²) in [6.07, 6.45) is -3.72. The molecular weight excluding hydrogens is 536 g/mol. The molecule has 1 aromatic rings. The Hall–Kier alpha value is -1.12. The number of alkyl halides is 3. The smallest absolute Gasteiger partial charge is 0.367 e. The summed E-state index contributed by atoms with van der Waals surface area (Å²) in [5.74, 6) is 0.654. The van der Waals surface area contributed by atoms with E-state index in [1.165, 1.54) is 0 Å². The molecule has 1 rings (SSSR count). The Bertz CT molecular complexity index is 729. The molecule has 0 spiro atoms. The maximum atomic E-state index is 12.1. The highest BCUT2D eigenvalue weighted by atomic mass is 127. The van der Waals surface area contributed by atoms with Crippen LogP contribution >= 0.6 is 24.0 Å². The van der Waals surface area contributed by atoms with Crippen LogP contribution in [0.5, 0.6) is 0 Å². The van der Waals surface area contributed by atoms with Crippen molar-refractivity contribution in [1.82, 2.24) is 15.4 Å². The van der Waals surface area contributed by atoms with Crippen molar-refractivity contribution in [3.63, 3.8) is 0 Å². The first kappa shape index (κ1) is 28.9. The molecule has 0 bridgehead atoms. The zero-order valence-electron chi connectivity index (χ0n) is 17.1. The molecule has 174 valence electrons. The number of nitrogens with zero attached hydrogens (tertiary/aromatic N) is 1. The second-order valence-electron chi connectivity index (χ2n) is 6.20. The maximum absolute atomic E-state index is 12.1. The van der Waals surface area contributed by atoms with Gasteiger partial charge < -0.3 is 15.4 Å². The minimum Gasteiger partial charge on any atom is -0.367 e. The third-order valence-electron chi connectivity index (χ3n) is 3.67. The molecule has 30 heavy (non-hydrogen) atoms. The molecule has 0 unspecified atom stereocenters. The topological polar surface area (TPSA) is 91.8 Å². The molecule has 0 saturated carbocycles. The van der Waals surface area contributed by atoms with Gasteiger partial charge in [0, 0.05) is 19.6 Å². The molecule has 0 aliphatic heterocycles. The first-order valence-electron chi connectivity index (χ1n) is 9.37. The van der Waals surface area contributed by atoms with E-state index in [2.05, 4.69) is 25.1 Å². The van der Waals surface area contributed by atoms with E-state index in [-0.39, 0.29) is 36.3 Å². The lowest BCUT2D eigenvalue weighted by molar-refractivity contribution is -0.176. The molecule has 0 aliphatic rings. The summed E-state index contributed by atoms with van der Waals surface area (Å²) in [6.45, 7) is 4.10. The number of halogens is 4. The SMILES string of the molecule is CCNC(=NCc1ccc(COCC(F)(F)F)cc1)NCCCNS(=O)(=O)CC.I. The Balaban J connectivity index is 0.00000841. The van der Waals surface area contributed by atoms with Crippen LogP contribution in [0.1, 0.15) is 31.4 Å². The lowest BCUT2D eigenvalue weighted by atomic mass is 10.1. The van der Waals surface area contributed by atoms with Gasteiger partial charge in [-0.2, -0.15) is 13.2 Å². The number of guanidine groups is 1. The van der Waals surface area contributed by atoms with Crippen molar-refractivity contribution < 1.29 is 26.3 Å². The molecule has 0 saturated heterocycles. The van der Waals surface area contributed by atoms with Crippen molar-refractivity contribution in [2.75, 3.05) is 32.0 Å². The van der Waals surface area contributed by atoms with E-state index in [1.807, 2.05) is 6.92 Å². The normalized spacial score (nSPS) is 12.4.